The lowest BCUT2D eigenvalue weighted by atomic mass is 9.95. The highest BCUT2D eigenvalue weighted by Crippen LogP contribution is 2.32. The zero-order valence-electron chi connectivity index (χ0n) is 15.7. The van der Waals surface area contributed by atoms with Gasteiger partial charge < -0.3 is 5.32 Å². The minimum Gasteiger partial charge on any atom is -0.345 e. The van der Waals surface area contributed by atoms with Crippen LogP contribution in [0, 0.1) is 5.92 Å². The summed E-state index contributed by atoms with van der Waals surface area (Å²) in [6.45, 7) is 3.82. The SMILES string of the molecule is CC(C)CC(NC(=O)c1ccc(S(C)(=O)=O)cc1)c1cccc(C(F)(F)F)c1. The number of hydrogen-bond acceptors (Lipinski definition) is 3. The molecule has 0 saturated carbocycles. The van der Waals surface area contributed by atoms with Gasteiger partial charge in [0, 0.05) is 11.8 Å². The summed E-state index contributed by atoms with van der Waals surface area (Å²) < 4.78 is 62.1. The summed E-state index contributed by atoms with van der Waals surface area (Å²) in [6.07, 6.45) is -2.95. The zero-order chi connectivity index (χ0) is 21.1. The Labute approximate surface area is 162 Å². The topological polar surface area (TPSA) is 63.2 Å². The van der Waals surface area contributed by atoms with Gasteiger partial charge in [0.25, 0.3) is 5.91 Å². The second-order valence-corrected chi connectivity index (χ2v) is 9.09. The largest absolute Gasteiger partial charge is 0.416 e. The maximum absolute atomic E-state index is 13.0. The number of benzene rings is 2. The molecule has 0 aliphatic rings. The number of sulfone groups is 1. The molecule has 28 heavy (non-hydrogen) atoms. The molecule has 0 radical (unpaired) electrons. The Bertz CT molecular complexity index is 936. The van der Waals surface area contributed by atoms with Crippen LogP contribution in [0.4, 0.5) is 13.2 Å². The monoisotopic (exact) mass is 413 g/mol. The molecule has 1 amide bonds. The normalized spacial score (nSPS) is 13.4. The minimum atomic E-state index is -4.47. The van der Waals surface area contributed by atoms with Crippen molar-refractivity contribution in [2.24, 2.45) is 5.92 Å². The minimum absolute atomic E-state index is 0.0839. The summed E-state index contributed by atoms with van der Waals surface area (Å²) in [4.78, 5) is 12.7. The predicted molar refractivity (Wildman–Crippen MR) is 101 cm³/mol. The molecule has 152 valence electrons. The Morgan fingerprint density at radius 3 is 2.18 bits per heavy atom. The van der Waals surface area contributed by atoms with E-state index in [9.17, 15) is 26.4 Å². The van der Waals surface area contributed by atoms with Crippen LogP contribution in [0.2, 0.25) is 0 Å². The Balaban J connectivity index is 2.28. The van der Waals surface area contributed by atoms with Gasteiger partial charge in [-0.25, -0.2) is 8.42 Å². The first-order valence-electron chi connectivity index (χ1n) is 8.66. The second-order valence-electron chi connectivity index (χ2n) is 7.08. The summed E-state index contributed by atoms with van der Waals surface area (Å²) in [5.41, 5.74) is -0.178. The first-order chi connectivity index (χ1) is 12.9. The fourth-order valence-corrected chi connectivity index (χ4v) is 3.41. The Hall–Kier alpha value is -2.35. The number of halogens is 3. The van der Waals surface area contributed by atoms with Crippen molar-refractivity contribution in [3.63, 3.8) is 0 Å². The maximum atomic E-state index is 13.0. The average Bonchev–Trinajstić information content (AvgIpc) is 2.59. The van der Waals surface area contributed by atoms with Crippen molar-refractivity contribution in [3.05, 3.63) is 65.2 Å². The van der Waals surface area contributed by atoms with Crippen LogP contribution in [0.3, 0.4) is 0 Å². The number of amides is 1. The lowest BCUT2D eigenvalue weighted by molar-refractivity contribution is -0.137. The summed E-state index contributed by atoms with van der Waals surface area (Å²) in [5.74, 6) is -0.351. The molecule has 4 nitrogen and oxygen atoms in total. The van der Waals surface area contributed by atoms with Gasteiger partial charge in [0.15, 0.2) is 9.84 Å². The van der Waals surface area contributed by atoms with Crippen LogP contribution in [0.15, 0.2) is 53.4 Å². The predicted octanol–water partition coefficient (Wildman–Crippen LogP) is 4.63. The van der Waals surface area contributed by atoms with Crippen LogP contribution in [-0.2, 0) is 16.0 Å². The van der Waals surface area contributed by atoms with Gasteiger partial charge in [-0.15, -0.1) is 0 Å². The molecule has 0 aliphatic heterocycles. The molecular weight excluding hydrogens is 391 g/mol. The quantitative estimate of drug-likeness (QED) is 0.751. The van der Waals surface area contributed by atoms with Crippen molar-refractivity contribution in [3.8, 4) is 0 Å². The van der Waals surface area contributed by atoms with Gasteiger partial charge in [-0.1, -0.05) is 26.0 Å². The molecule has 0 fully saturated rings. The number of carbonyl (C=O) groups excluding carboxylic acids is 1. The third kappa shape index (κ3) is 5.82. The van der Waals surface area contributed by atoms with Crippen molar-refractivity contribution in [1.29, 1.82) is 0 Å². The summed E-state index contributed by atoms with van der Waals surface area (Å²) in [7, 11) is -3.38. The van der Waals surface area contributed by atoms with E-state index in [1.54, 1.807) is 6.07 Å². The van der Waals surface area contributed by atoms with Crippen LogP contribution in [0.1, 0.15) is 47.8 Å². The van der Waals surface area contributed by atoms with E-state index < -0.39 is 33.5 Å². The highest BCUT2D eigenvalue weighted by molar-refractivity contribution is 7.90. The lowest BCUT2D eigenvalue weighted by Crippen LogP contribution is -2.29. The van der Waals surface area contributed by atoms with Crippen molar-refractivity contribution >= 4 is 15.7 Å². The lowest BCUT2D eigenvalue weighted by Gasteiger charge is -2.22. The number of alkyl halides is 3. The Morgan fingerprint density at radius 1 is 1.07 bits per heavy atom. The Morgan fingerprint density at radius 2 is 1.68 bits per heavy atom. The summed E-state index contributed by atoms with van der Waals surface area (Å²) in [6, 6.07) is 9.70. The highest BCUT2D eigenvalue weighted by atomic mass is 32.2. The molecule has 1 N–H and O–H groups in total. The van der Waals surface area contributed by atoms with Crippen LogP contribution in [0.25, 0.3) is 0 Å². The molecule has 0 saturated heterocycles. The third-order valence-corrected chi connectivity index (χ3v) is 5.30. The molecule has 0 bridgehead atoms. The molecule has 2 aromatic rings. The van der Waals surface area contributed by atoms with Crippen LogP contribution in [-0.4, -0.2) is 20.6 Å². The molecule has 0 aromatic heterocycles. The van der Waals surface area contributed by atoms with E-state index >= 15 is 0 Å². The summed E-state index contributed by atoms with van der Waals surface area (Å²) in [5, 5.41) is 2.76. The van der Waals surface area contributed by atoms with E-state index in [-0.39, 0.29) is 16.4 Å². The Kier molecular flexibility index (Phi) is 6.54. The molecule has 0 heterocycles. The van der Waals surface area contributed by atoms with Gasteiger partial charge >= 0.3 is 6.18 Å². The molecule has 2 rings (SSSR count). The molecule has 0 aliphatic carbocycles. The number of carbonyl (C=O) groups is 1. The van der Waals surface area contributed by atoms with E-state index in [0.29, 0.717) is 12.0 Å². The van der Waals surface area contributed by atoms with E-state index in [1.807, 2.05) is 13.8 Å². The average molecular weight is 413 g/mol. The van der Waals surface area contributed by atoms with Gasteiger partial charge in [0.2, 0.25) is 0 Å². The van der Waals surface area contributed by atoms with Gasteiger partial charge in [0.05, 0.1) is 16.5 Å². The molecule has 8 heteroatoms. The van der Waals surface area contributed by atoms with Crippen LogP contribution < -0.4 is 5.32 Å². The fraction of sp³-hybridized carbons (Fsp3) is 0.350. The van der Waals surface area contributed by atoms with Crippen LogP contribution >= 0.6 is 0 Å². The van der Waals surface area contributed by atoms with Crippen molar-refractivity contribution in [2.45, 2.75) is 37.4 Å². The first-order valence-corrected chi connectivity index (χ1v) is 10.5. The van der Waals surface area contributed by atoms with E-state index in [0.717, 1.165) is 18.4 Å². The van der Waals surface area contributed by atoms with Crippen molar-refractivity contribution in [2.75, 3.05) is 6.26 Å². The smallest absolute Gasteiger partial charge is 0.345 e. The standard InChI is InChI=1S/C20H22F3NO3S/c1-13(2)11-18(15-5-4-6-16(12-15)20(21,22)23)24-19(25)14-7-9-17(10-8-14)28(3,26)27/h4-10,12-13,18H,11H2,1-3H3,(H,24,25). The molecule has 2 aromatic carbocycles. The molecule has 1 unspecified atom stereocenters. The van der Waals surface area contributed by atoms with Crippen molar-refractivity contribution in [1.82, 2.24) is 5.32 Å². The maximum Gasteiger partial charge on any atom is 0.416 e. The van der Waals surface area contributed by atoms with E-state index in [2.05, 4.69) is 5.32 Å². The van der Waals surface area contributed by atoms with E-state index in [1.165, 1.54) is 30.3 Å². The van der Waals surface area contributed by atoms with Gasteiger partial charge in [0.1, 0.15) is 0 Å². The van der Waals surface area contributed by atoms with Gasteiger partial charge in [-0.3, -0.25) is 4.79 Å². The molecular formula is C20H22F3NO3S. The number of rotatable bonds is 6. The molecule has 1 atom stereocenters. The second kappa shape index (κ2) is 8.34. The van der Waals surface area contributed by atoms with Crippen molar-refractivity contribution < 1.29 is 26.4 Å². The van der Waals surface area contributed by atoms with E-state index in [4.69, 9.17) is 0 Å². The first kappa shape index (κ1) is 21.9. The fourth-order valence-electron chi connectivity index (χ4n) is 2.78. The molecule has 0 spiro atoms. The summed E-state index contributed by atoms with van der Waals surface area (Å²) >= 11 is 0. The van der Waals surface area contributed by atoms with Gasteiger partial charge in [-0.2, -0.15) is 13.2 Å². The zero-order valence-corrected chi connectivity index (χ0v) is 16.6. The van der Waals surface area contributed by atoms with Crippen LogP contribution in [0.5, 0.6) is 0 Å². The third-order valence-electron chi connectivity index (χ3n) is 4.17. The number of hydrogen-bond donors (Lipinski definition) is 1. The van der Waals surface area contributed by atoms with Gasteiger partial charge in [-0.05, 0) is 54.3 Å². The highest BCUT2D eigenvalue weighted by Gasteiger charge is 2.31. The number of nitrogens with one attached hydrogen (secondary N) is 1.